The first kappa shape index (κ1) is 23.0. The summed E-state index contributed by atoms with van der Waals surface area (Å²) in [5.41, 5.74) is 2.81. The second-order valence-electron chi connectivity index (χ2n) is 7.93. The van der Waals surface area contributed by atoms with Crippen molar-refractivity contribution in [3.63, 3.8) is 0 Å². The molecule has 0 radical (unpaired) electrons. The van der Waals surface area contributed by atoms with Gasteiger partial charge in [0.15, 0.2) is 17.3 Å². The molecule has 1 aromatic heterocycles. The summed E-state index contributed by atoms with van der Waals surface area (Å²) in [5.74, 6) is -0.901. The summed E-state index contributed by atoms with van der Waals surface area (Å²) < 4.78 is 32.2. The zero-order valence-corrected chi connectivity index (χ0v) is 19.5. The van der Waals surface area contributed by atoms with E-state index in [1.54, 1.807) is 42.1 Å². The lowest BCUT2D eigenvalue weighted by Gasteiger charge is -2.06. The molecule has 2 heterocycles. The highest BCUT2D eigenvalue weighted by Crippen LogP contribution is 2.35. The number of Topliss-reactive ketones (excluding diaryl/α,β-unsaturated/α-hetero) is 1. The Hall–Kier alpha value is -4.72. The van der Waals surface area contributed by atoms with Crippen molar-refractivity contribution >= 4 is 17.8 Å². The molecule has 0 saturated carbocycles. The van der Waals surface area contributed by atoms with E-state index in [2.05, 4.69) is 5.10 Å². The molecule has 4 aromatic rings. The lowest BCUT2D eigenvalue weighted by molar-refractivity contribution is 0.0600. The molecule has 0 atom stereocenters. The standard InChI is InChI=1S/C28H21FN2O5/c1-3-35-24-12-9-17(14-22(24)29)26-19(16-31(30-26)20-7-5-4-6-8-20)15-25-27(32)21-13-18(28(33)34-2)10-11-23(21)36-25/h4-16H,3H2,1-2H3/b25-15-. The van der Waals surface area contributed by atoms with E-state index < -0.39 is 11.8 Å². The lowest BCUT2D eigenvalue weighted by Crippen LogP contribution is -2.03. The number of hydrogen-bond acceptors (Lipinski definition) is 6. The summed E-state index contributed by atoms with van der Waals surface area (Å²) in [7, 11) is 1.27. The maximum Gasteiger partial charge on any atom is 0.337 e. The molecule has 1 aliphatic heterocycles. The number of aromatic nitrogens is 2. The largest absolute Gasteiger partial charge is 0.491 e. The highest BCUT2D eigenvalue weighted by atomic mass is 19.1. The molecule has 5 rings (SSSR count). The molecule has 7 nitrogen and oxygen atoms in total. The van der Waals surface area contributed by atoms with Crippen LogP contribution in [-0.2, 0) is 4.74 Å². The summed E-state index contributed by atoms with van der Waals surface area (Å²) in [6, 6.07) is 18.6. The van der Waals surface area contributed by atoms with Crippen molar-refractivity contribution in [3.05, 3.63) is 101 Å². The molecular weight excluding hydrogens is 463 g/mol. The quantitative estimate of drug-likeness (QED) is 0.266. The van der Waals surface area contributed by atoms with Crippen LogP contribution >= 0.6 is 0 Å². The van der Waals surface area contributed by atoms with E-state index in [0.717, 1.165) is 5.69 Å². The maximum absolute atomic E-state index is 14.7. The zero-order valence-electron chi connectivity index (χ0n) is 19.5. The predicted octanol–water partition coefficient (Wildman–Crippen LogP) is 5.48. The Morgan fingerprint density at radius 2 is 1.92 bits per heavy atom. The van der Waals surface area contributed by atoms with E-state index in [1.165, 1.54) is 25.3 Å². The van der Waals surface area contributed by atoms with Crippen LogP contribution < -0.4 is 9.47 Å². The van der Waals surface area contributed by atoms with Crippen LogP contribution in [0.5, 0.6) is 11.5 Å². The molecule has 0 N–H and O–H groups in total. The monoisotopic (exact) mass is 484 g/mol. The number of benzene rings is 3. The van der Waals surface area contributed by atoms with Crippen molar-refractivity contribution in [3.8, 4) is 28.4 Å². The summed E-state index contributed by atoms with van der Waals surface area (Å²) >= 11 is 0. The number of para-hydroxylation sites is 1. The Morgan fingerprint density at radius 3 is 2.64 bits per heavy atom. The van der Waals surface area contributed by atoms with Gasteiger partial charge in [-0.2, -0.15) is 5.10 Å². The molecule has 0 aliphatic carbocycles. The van der Waals surface area contributed by atoms with E-state index in [1.807, 2.05) is 30.3 Å². The molecule has 0 bridgehead atoms. The average molecular weight is 484 g/mol. The van der Waals surface area contributed by atoms with Crippen molar-refractivity contribution in [2.45, 2.75) is 6.92 Å². The molecule has 0 fully saturated rings. The van der Waals surface area contributed by atoms with Crippen molar-refractivity contribution in [2.75, 3.05) is 13.7 Å². The normalized spacial score (nSPS) is 13.4. The molecule has 1 aliphatic rings. The van der Waals surface area contributed by atoms with Gasteiger partial charge in [-0.3, -0.25) is 4.79 Å². The third-order valence-corrected chi connectivity index (χ3v) is 5.64. The number of halogens is 1. The van der Waals surface area contributed by atoms with Crippen molar-refractivity contribution in [1.29, 1.82) is 0 Å². The predicted molar refractivity (Wildman–Crippen MR) is 131 cm³/mol. The Kier molecular flexibility index (Phi) is 6.08. The number of ether oxygens (including phenoxy) is 3. The fourth-order valence-corrected chi connectivity index (χ4v) is 3.93. The van der Waals surface area contributed by atoms with E-state index in [-0.39, 0.29) is 28.4 Å². The molecule has 0 saturated heterocycles. The van der Waals surface area contributed by atoms with Crippen molar-refractivity contribution < 1.29 is 28.2 Å². The van der Waals surface area contributed by atoms with Gasteiger partial charge in [0.25, 0.3) is 0 Å². The van der Waals surface area contributed by atoms with Gasteiger partial charge in [-0.1, -0.05) is 18.2 Å². The number of hydrogen-bond donors (Lipinski definition) is 0. The number of nitrogens with zero attached hydrogens (tertiary/aromatic N) is 2. The second-order valence-corrected chi connectivity index (χ2v) is 7.93. The van der Waals surface area contributed by atoms with Gasteiger partial charge in [-0.15, -0.1) is 0 Å². The van der Waals surface area contributed by atoms with Crippen LogP contribution in [-0.4, -0.2) is 35.2 Å². The fraction of sp³-hybridized carbons (Fsp3) is 0.107. The smallest absolute Gasteiger partial charge is 0.337 e. The number of methoxy groups -OCH3 is 1. The van der Waals surface area contributed by atoms with E-state index in [0.29, 0.717) is 29.2 Å². The molecule has 0 unspecified atom stereocenters. The van der Waals surface area contributed by atoms with Gasteiger partial charge in [-0.25, -0.2) is 13.9 Å². The Bertz CT molecular complexity index is 1510. The van der Waals surface area contributed by atoms with Crippen molar-refractivity contribution in [1.82, 2.24) is 9.78 Å². The third-order valence-electron chi connectivity index (χ3n) is 5.64. The van der Waals surface area contributed by atoms with Crippen LogP contribution in [0.1, 0.15) is 33.2 Å². The number of esters is 1. The van der Waals surface area contributed by atoms with E-state index in [4.69, 9.17) is 14.2 Å². The van der Waals surface area contributed by atoms with Gasteiger partial charge >= 0.3 is 5.97 Å². The number of allylic oxidation sites excluding steroid dienone is 1. The molecule has 0 spiro atoms. The number of carbonyl (C=O) groups is 2. The summed E-state index contributed by atoms with van der Waals surface area (Å²) in [6.45, 7) is 2.12. The van der Waals surface area contributed by atoms with E-state index in [9.17, 15) is 14.0 Å². The van der Waals surface area contributed by atoms with Gasteiger partial charge < -0.3 is 14.2 Å². The number of ketones is 1. The zero-order chi connectivity index (χ0) is 25.2. The van der Waals surface area contributed by atoms with Gasteiger partial charge in [0.05, 0.1) is 30.5 Å². The number of carbonyl (C=O) groups excluding carboxylic acids is 2. The minimum atomic E-state index is -0.549. The third kappa shape index (κ3) is 4.24. The highest BCUT2D eigenvalue weighted by molar-refractivity contribution is 6.15. The van der Waals surface area contributed by atoms with Gasteiger partial charge in [-0.05, 0) is 61.5 Å². The van der Waals surface area contributed by atoms with Gasteiger partial charge in [0.2, 0.25) is 5.78 Å². The number of rotatable bonds is 6. The fourth-order valence-electron chi connectivity index (χ4n) is 3.93. The summed E-state index contributed by atoms with van der Waals surface area (Å²) in [5, 5.41) is 4.67. The number of fused-ring (bicyclic) bond motifs is 1. The van der Waals surface area contributed by atoms with Crippen LogP contribution in [0.3, 0.4) is 0 Å². The molecule has 0 amide bonds. The van der Waals surface area contributed by atoms with Gasteiger partial charge in [0.1, 0.15) is 11.4 Å². The molecule has 8 heteroatoms. The molecule has 3 aromatic carbocycles. The maximum atomic E-state index is 14.7. The molecule has 36 heavy (non-hydrogen) atoms. The molecule has 180 valence electrons. The first-order valence-corrected chi connectivity index (χ1v) is 11.2. The SMILES string of the molecule is CCOc1ccc(-c2nn(-c3ccccc3)cc2/C=C2\Oc3ccc(C(=O)OC)cc3C2=O)cc1F. The Labute approximate surface area is 206 Å². The first-order chi connectivity index (χ1) is 17.5. The lowest BCUT2D eigenvalue weighted by atomic mass is 10.0. The second kappa shape index (κ2) is 9.50. The highest BCUT2D eigenvalue weighted by Gasteiger charge is 2.29. The average Bonchev–Trinajstić information content (AvgIpc) is 3.46. The van der Waals surface area contributed by atoms with E-state index >= 15 is 0 Å². The minimum absolute atomic E-state index is 0.0623. The topological polar surface area (TPSA) is 79.7 Å². The minimum Gasteiger partial charge on any atom is -0.491 e. The first-order valence-electron chi connectivity index (χ1n) is 11.2. The van der Waals surface area contributed by atoms with Crippen LogP contribution in [0.4, 0.5) is 4.39 Å². The summed E-state index contributed by atoms with van der Waals surface area (Å²) in [4.78, 5) is 25.0. The Morgan fingerprint density at radius 1 is 1.11 bits per heavy atom. The van der Waals surface area contributed by atoms with Crippen LogP contribution in [0.15, 0.2) is 78.7 Å². The molecular formula is C28H21FN2O5. The Balaban J connectivity index is 1.58. The van der Waals surface area contributed by atoms with Gasteiger partial charge in [0, 0.05) is 17.3 Å². The van der Waals surface area contributed by atoms with Crippen LogP contribution in [0, 0.1) is 5.82 Å². The van der Waals surface area contributed by atoms with Crippen LogP contribution in [0.25, 0.3) is 23.0 Å². The summed E-state index contributed by atoms with van der Waals surface area (Å²) in [6.07, 6.45) is 3.31. The van der Waals surface area contributed by atoms with Crippen molar-refractivity contribution in [2.24, 2.45) is 0 Å². The van der Waals surface area contributed by atoms with Crippen LogP contribution in [0.2, 0.25) is 0 Å².